The number of piperazine rings is 1. The van der Waals surface area contributed by atoms with Crippen LogP contribution in [0.3, 0.4) is 0 Å². The Morgan fingerprint density at radius 2 is 1.73 bits per heavy atom. The maximum absolute atomic E-state index is 15.3. The fraction of sp³-hybridized carbons (Fsp3) is 0.308. The molecular weight excluding hydrogens is 1020 g/mol. The van der Waals surface area contributed by atoms with Crippen LogP contribution in [0.5, 0.6) is 0 Å². The van der Waals surface area contributed by atoms with E-state index in [0.717, 1.165) is 61.7 Å². The minimum atomic E-state index is -0.918. The number of imide groups is 2. The minimum Gasteiger partial charge on any atom is -0.392 e. The van der Waals surface area contributed by atoms with Gasteiger partial charge >= 0.3 is 0 Å². The van der Waals surface area contributed by atoms with Gasteiger partial charge in [-0.3, -0.25) is 38.8 Å². The number of nitrogens with one attached hydrogen (secondary N) is 3. The Balaban J connectivity index is 0.000000297. The van der Waals surface area contributed by atoms with Gasteiger partial charge in [-0.2, -0.15) is 0 Å². The summed E-state index contributed by atoms with van der Waals surface area (Å²) in [7, 11) is 1.61. The largest absolute Gasteiger partial charge is 0.392 e. The third-order valence-corrected chi connectivity index (χ3v) is 13.1. The summed E-state index contributed by atoms with van der Waals surface area (Å²) in [6, 6.07) is 20.5. The molecule has 1 saturated carbocycles. The van der Waals surface area contributed by atoms with E-state index in [-0.39, 0.29) is 85.3 Å². The second kappa shape index (κ2) is 22.8. The summed E-state index contributed by atoms with van der Waals surface area (Å²) >= 11 is 0. The van der Waals surface area contributed by atoms with Crippen molar-refractivity contribution in [3.8, 4) is 16.9 Å². The van der Waals surface area contributed by atoms with Gasteiger partial charge in [0.1, 0.15) is 17.7 Å². The quantitative estimate of drug-likeness (QED) is 0.0697. The van der Waals surface area contributed by atoms with E-state index in [1.165, 1.54) is 27.3 Å². The van der Waals surface area contributed by atoms with E-state index in [0.29, 0.717) is 59.4 Å². The second-order valence-electron chi connectivity index (χ2n) is 17.8. The summed E-state index contributed by atoms with van der Waals surface area (Å²) < 4.78 is 23.6. The molecule has 3 fully saturated rings. The van der Waals surface area contributed by atoms with E-state index < -0.39 is 41.7 Å². The zero-order chi connectivity index (χ0) is 50.6. The van der Waals surface area contributed by atoms with Crippen LogP contribution in [0.1, 0.15) is 63.4 Å². The number of carbonyl (C=O) groups is 5. The van der Waals surface area contributed by atoms with Crippen LogP contribution in [-0.4, -0.2) is 122 Å². The van der Waals surface area contributed by atoms with Crippen LogP contribution in [-0.2, 0) is 65.5 Å². The van der Waals surface area contributed by atoms with E-state index in [9.17, 15) is 38.7 Å². The van der Waals surface area contributed by atoms with Crippen molar-refractivity contribution in [3.63, 3.8) is 0 Å². The zero-order valence-corrected chi connectivity index (χ0v) is 42.8. The number of hydrogen-bond donors (Lipinski definition) is 4. The van der Waals surface area contributed by atoms with Crippen molar-refractivity contribution in [2.24, 2.45) is 7.05 Å². The molecule has 21 heteroatoms. The number of aryl methyl sites for hydroxylation is 1. The third kappa shape index (κ3) is 11.5. The van der Waals surface area contributed by atoms with Crippen LogP contribution >= 0.6 is 0 Å². The summed E-state index contributed by atoms with van der Waals surface area (Å²) in [4.78, 5) is 99.6. The van der Waals surface area contributed by atoms with E-state index in [2.05, 4.69) is 48.7 Å². The molecule has 19 nitrogen and oxygen atoms in total. The number of piperidine rings is 1. The van der Waals surface area contributed by atoms with Crippen molar-refractivity contribution >= 4 is 57.6 Å². The number of amides is 5. The molecule has 4 aliphatic rings. The number of anilines is 3. The summed E-state index contributed by atoms with van der Waals surface area (Å²) in [5, 5.41) is 19.0. The molecule has 3 aromatic carbocycles. The summed E-state index contributed by atoms with van der Waals surface area (Å²) in [5.74, 6) is -2.08. The molecule has 1 aliphatic carbocycles. The first-order valence-electron chi connectivity index (χ1n) is 23.6. The van der Waals surface area contributed by atoms with Gasteiger partial charge in [0.25, 0.3) is 11.1 Å². The number of aromatic nitrogens is 4. The van der Waals surface area contributed by atoms with Gasteiger partial charge in [0.05, 0.1) is 54.4 Å². The van der Waals surface area contributed by atoms with Gasteiger partial charge in [-0.05, 0) is 72.0 Å². The second-order valence-corrected chi connectivity index (χ2v) is 17.8. The normalized spacial score (nSPS) is 16.6. The van der Waals surface area contributed by atoms with Crippen molar-refractivity contribution in [1.29, 1.82) is 0 Å². The van der Waals surface area contributed by atoms with Gasteiger partial charge < -0.3 is 51.4 Å². The SMILES string of the molecule is O=C1CCC(N2C(=O)c3[c-]cccc3C2=O)C(=O)N1.[CH2-]C(=O)NCCOCCN1CCN(c2ccc(Nc3nc(-c4cccc(-n5ccc6cc(C7CC7)cc(F)c6c5=O)c4CO)cn(C)c3=O)nc2)CC1.[Y]. The molecule has 1 radical (unpaired) electrons. The number of rotatable bonds is 14. The van der Waals surface area contributed by atoms with E-state index in [1.807, 2.05) is 12.1 Å². The molecule has 0 spiro atoms. The molecule has 6 heterocycles. The smallest absolute Gasteiger partial charge is 0.293 e. The molecule has 10 rings (SSSR count). The molecule has 1 unspecified atom stereocenters. The fourth-order valence-corrected chi connectivity index (χ4v) is 9.12. The van der Waals surface area contributed by atoms with E-state index in [1.54, 1.807) is 62.0 Å². The van der Waals surface area contributed by atoms with Crippen LogP contribution in [0.4, 0.5) is 21.7 Å². The molecule has 5 amide bonds. The van der Waals surface area contributed by atoms with Crippen molar-refractivity contribution in [2.45, 2.75) is 44.2 Å². The molecule has 73 heavy (non-hydrogen) atoms. The number of ether oxygens (including phenoxy) is 1. The maximum atomic E-state index is 15.3. The Morgan fingerprint density at radius 1 is 0.945 bits per heavy atom. The Morgan fingerprint density at radius 3 is 2.42 bits per heavy atom. The molecule has 3 aromatic heterocycles. The number of pyridine rings is 2. The molecule has 375 valence electrons. The molecule has 3 aliphatic heterocycles. The first-order chi connectivity index (χ1) is 34.8. The zero-order valence-electron chi connectivity index (χ0n) is 39.9. The van der Waals surface area contributed by atoms with Crippen LogP contribution in [0, 0.1) is 18.8 Å². The average molecular weight is 1070 g/mol. The Labute approximate surface area is 443 Å². The Kier molecular flexibility index (Phi) is 16.4. The Bertz CT molecular complexity index is 3190. The van der Waals surface area contributed by atoms with Crippen LogP contribution in [0.2, 0.25) is 0 Å². The number of nitrogens with zero attached hydrogens (tertiary/aromatic N) is 7. The van der Waals surface area contributed by atoms with Crippen molar-refractivity contribution in [3.05, 3.63) is 147 Å². The number of aliphatic hydroxyl groups excluding tert-OH is 1. The van der Waals surface area contributed by atoms with Crippen LogP contribution in [0.25, 0.3) is 27.7 Å². The third-order valence-electron chi connectivity index (χ3n) is 13.1. The van der Waals surface area contributed by atoms with Gasteiger partial charge in [-0.15, -0.1) is 24.3 Å². The average Bonchev–Trinajstić information content (AvgIpc) is 4.20. The van der Waals surface area contributed by atoms with E-state index >= 15 is 4.39 Å². The fourth-order valence-electron chi connectivity index (χ4n) is 9.12. The van der Waals surface area contributed by atoms with Gasteiger partial charge in [-0.25, -0.2) is 14.4 Å². The molecule has 1 atom stereocenters. The number of carbonyl (C=O) groups excluding carboxylic acids is 5. The maximum Gasteiger partial charge on any atom is 0.293 e. The predicted octanol–water partition coefficient (Wildman–Crippen LogP) is 3.37. The van der Waals surface area contributed by atoms with Gasteiger partial charge in [0.15, 0.2) is 11.7 Å². The predicted molar refractivity (Wildman–Crippen MR) is 263 cm³/mol. The number of benzene rings is 3. The summed E-state index contributed by atoms with van der Waals surface area (Å²) in [6.45, 7) is 8.52. The van der Waals surface area contributed by atoms with Gasteiger partial charge in [0.2, 0.25) is 17.7 Å². The monoisotopic (exact) mass is 1070 g/mol. The van der Waals surface area contributed by atoms with Crippen molar-refractivity contribution in [1.82, 2.24) is 39.5 Å². The van der Waals surface area contributed by atoms with Crippen LogP contribution in [0.15, 0.2) is 94.9 Å². The van der Waals surface area contributed by atoms with Crippen molar-refractivity contribution < 1.29 is 70.9 Å². The standard InChI is InChI=1S/C39H42FN8O5.C13H9N2O4.Y/c1-25(50)41-11-18-53-19-17-46-13-15-47(16-14-46)29-8-9-35(42-22-29)44-37-39(52)45(2)23-33(43-37)30-4-3-5-34(31(30)24-49)48-12-10-27-20-28(26-6-7-26)21-32(40)36(27)38(48)51;16-10-6-5-9(11(17)14-10)15-12(18)7-3-1-2-4-8(7)13(15)19;/h3-5,8-10,12,20-23,26,49H,1,6-7,11,13-19,24H2,2H3,(H,41,50)(H,42,43,44);1-3,9H,5-6H2,(H,14,16,17);/q2*-1;. The summed E-state index contributed by atoms with van der Waals surface area (Å²) in [5.41, 5.74) is 3.07. The first-order valence-corrected chi connectivity index (χ1v) is 23.6. The molecular formula is C52H51FN10O9Y-2. The Hall–Kier alpha value is -6.97. The van der Waals surface area contributed by atoms with Gasteiger partial charge in [0, 0.05) is 109 Å². The van der Waals surface area contributed by atoms with E-state index in [4.69, 9.17) is 4.74 Å². The van der Waals surface area contributed by atoms with Crippen molar-refractivity contribution in [2.75, 3.05) is 62.7 Å². The summed E-state index contributed by atoms with van der Waals surface area (Å²) in [6.07, 6.45) is 7.25. The van der Waals surface area contributed by atoms with Gasteiger partial charge in [-0.1, -0.05) is 23.8 Å². The first kappa shape index (κ1) is 52.4. The molecule has 2 saturated heterocycles. The molecule has 4 N–H and O–H groups in total. The molecule has 0 bridgehead atoms. The number of aliphatic hydroxyl groups is 1. The number of halogens is 1. The van der Waals surface area contributed by atoms with Crippen LogP contribution < -0.4 is 32.0 Å². The number of hydrogen-bond acceptors (Lipinski definition) is 14. The number of fused-ring (bicyclic) bond motifs is 2. The topological polar surface area (TPSA) is 230 Å². The minimum absolute atomic E-state index is 0. The molecule has 6 aromatic rings.